The highest BCUT2D eigenvalue weighted by Gasteiger charge is 2.29. The van der Waals surface area contributed by atoms with Crippen LogP contribution in [0.5, 0.6) is 0 Å². The minimum absolute atomic E-state index is 0.0147. The number of carbonyl (C=O) groups excluding carboxylic acids is 2. The molecule has 2 atom stereocenters. The molecule has 1 rings (SSSR count). The molecule has 1 fully saturated rings. The monoisotopic (exact) mass is 214 g/mol. The molecule has 0 aromatic rings. The standard InChI is InChI=1S/C10H18N2O3/c1-7(13)5-11-10(15)9-3-4-12(6-9)8(2)14/h7,9,13H,3-6H2,1-2H3,(H,11,15). The number of hydrogen-bond donors (Lipinski definition) is 2. The van der Waals surface area contributed by atoms with Crippen LogP contribution in [0.25, 0.3) is 0 Å². The van der Waals surface area contributed by atoms with Crippen LogP contribution in [0.15, 0.2) is 0 Å². The number of aliphatic hydroxyl groups excluding tert-OH is 1. The maximum atomic E-state index is 11.6. The number of nitrogens with one attached hydrogen (secondary N) is 1. The van der Waals surface area contributed by atoms with E-state index in [1.165, 1.54) is 6.92 Å². The van der Waals surface area contributed by atoms with Gasteiger partial charge in [0.1, 0.15) is 0 Å². The van der Waals surface area contributed by atoms with E-state index in [4.69, 9.17) is 5.11 Å². The number of hydrogen-bond acceptors (Lipinski definition) is 3. The second kappa shape index (κ2) is 5.11. The molecule has 2 N–H and O–H groups in total. The van der Waals surface area contributed by atoms with Crippen LogP contribution in [0.1, 0.15) is 20.3 Å². The predicted octanol–water partition coefficient (Wildman–Crippen LogP) is -0.648. The molecule has 0 spiro atoms. The summed E-state index contributed by atoms with van der Waals surface area (Å²) in [6.45, 7) is 4.56. The number of likely N-dealkylation sites (tertiary alicyclic amines) is 1. The lowest BCUT2D eigenvalue weighted by Crippen LogP contribution is -2.37. The van der Waals surface area contributed by atoms with E-state index in [1.807, 2.05) is 0 Å². The average Bonchev–Trinajstić information content (AvgIpc) is 2.62. The van der Waals surface area contributed by atoms with Crippen molar-refractivity contribution in [3.8, 4) is 0 Å². The summed E-state index contributed by atoms with van der Waals surface area (Å²) in [7, 11) is 0. The summed E-state index contributed by atoms with van der Waals surface area (Å²) in [6, 6.07) is 0. The molecule has 86 valence electrons. The molecule has 15 heavy (non-hydrogen) atoms. The third kappa shape index (κ3) is 3.51. The third-order valence-corrected chi connectivity index (χ3v) is 2.58. The van der Waals surface area contributed by atoms with Crippen molar-refractivity contribution >= 4 is 11.8 Å². The molecular formula is C10H18N2O3. The van der Waals surface area contributed by atoms with Gasteiger partial charge in [-0.1, -0.05) is 0 Å². The van der Waals surface area contributed by atoms with Crippen molar-refractivity contribution in [2.45, 2.75) is 26.4 Å². The first-order valence-electron chi connectivity index (χ1n) is 5.22. The largest absolute Gasteiger partial charge is 0.392 e. The van der Waals surface area contributed by atoms with Crippen LogP contribution in [0.4, 0.5) is 0 Å². The van der Waals surface area contributed by atoms with E-state index < -0.39 is 6.10 Å². The van der Waals surface area contributed by atoms with E-state index >= 15 is 0 Å². The Kier molecular flexibility index (Phi) is 4.08. The van der Waals surface area contributed by atoms with Gasteiger partial charge in [0.15, 0.2) is 0 Å². The summed E-state index contributed by atoms with van der Waals surface area (Å²) in [5.41, 5.74) is 0. The van der Waals surface area contributed by atoms with E-state index in [0.717, 1.165) is 0 Å². The van der Waals surface area contributed by atoms with Crippen LogP contribution in [-0.4, -0.2) is 47.6 Å². The highest BCUT2D eigenvalue weighted by Crippen LogP contribution is 2.16. The quantitative estimate of drug-likeness (QED) is 0.656. The van der Waals surface area contributed by atoms with Crippen molar-refractivity contribution in [2.24, 2.45) is 5.92 Å². The normalized spacial score (nSPS) is 22.6. The Morgan fingerprint density at radius 2 is 2.27 bits per heavy atom. The lowest BCUT2D eigenvalue weighted by Gasteiger charge is -2.14. The third-order valence-electron chi connectivity index (χ3n) is 2.58. The van der Waals surface area contributed by atoms with Gasteiger partial charge in [-0.25, -0.2) is 0 Å². The molecule has 2 unspecified atom stereocenters. The molecule has 0 aromatic heterocycles. The Bertz CT molecular complexity index is 253. The van der Waals surface area contributed by atoms with Gasteiger partial charge in [0.25, 0.3) is 0 Å². The molecule has 0 saturated carbocycles. The Morgan fingerprint density at radius 3 is 2.73 bits per heavy atom. The molecular weight excluding hydrogens is 196 g/mol. The van der Waals surface area contributed by atoms with Gasteiger partial charge in [0, 0.05) is 26.6 Å². The van der Waals surface area contributed by atoms with Crippen LogP contribution in [0.3, 0.4) is 0 Å². The maximum Gasteiger partial charge on any atom is 0.225 e. The minimum Gasteiger partial charge on any atom is -0.392 e. The van der Waals surface area contributed by atoms with Crippen molar-refractivity contribution in [3.05, 3.63) is 0 Å². The van der Waals surface area contributed by atoms with Gasteiger partial charge >= 0.3 is 0 Å². The molecule has 2 amide bonds. The van der Waals surface area contributed by atoms with Gasteiger partial charge in [-0.15, -0.1) is 0 Å². The first-order valence-corrected chi connectivity index (χ1v) is 5.22. The summed E-state index contributed by atoms with van der Waals surface area (Å²) >= 11 is 0. The van der Waals surface area contributed by atoms with Crippen LogP contribution in [-0.2, 0) is 9.59 Å². The molecule has 0 radical (unpaired) electrons. The fourth-order valence-electron chi connectivity index (χ4n) is 1.65. The van der Waals surface area contributed by atoms with Crippen molar-refractivity contribution < 1.29 is 14.7 Å². The van der Waals surface area contributed by atoms with E-state index in [-0.39, 0.29) is 24.3 Å². The van der Waals surface area contributed by atoms with Crippen molar-refractivity contribution in [2.75, 3.05) is 19.6 Å². The van der Waals surface area contributed by atoms with E-state index in [2.05, 4.69) is 5.32 Å². The first kappa shape index (κ1) is 12.0. The summed E-state index contributed by atoms with van der Waals surface area (Å²) in [6.07, 6.45) is 0.185. The van der Waals surface area contributed by atoms with Gasteiger partial charge in [-0.3, -0.25) is 9.59 Å². The maximum absolute atomic E-state index is 11.6. The summed E-state index contributed by atoms with van der Waals surface area (Å²) in [5, 5.41) is 11.7. The lowest BCUT2D eigenvalue weighted by atomic mass is 10.1. The molecule has 1 aliphatic heterocycles. The van der Waals surface area contributed by atoms with Gasteiger partial charge < -0.3 is 15.3 Å². The van der Waals surface area contributed by atoms with Gasteiger partial charge in [0.2, 0.25) is 11.8 Å². The van der Waals surface area contributed by atoms with Gasteiger partial charge in [-0.05, 0) is 13.3 Å². The average molecular weight is 214 g/mol. The molecule has 0 bridgehead atoms. The second-order valence-electron chi connectivity index (χ2n) is 4.04. The second-order valence-corrected chi connectivity index (χ2v) is 4.04. The van der Waals surface area contributed by atoms with E-state index in [1.54, 1.807) is 11.8 Å². The molecule has 5 heteroatoms. The van der Waals surface area contributed by atoms with Crippen LogP contribution in [0.2, 0.25) is 0 Å². The molecule has 0 aliphatic carbocycles. The zero-order chi connectivity index (χ0) is 11.4. The van der Waals surface area contributed by atoms with E-state index in [0.29, 0.717) is 19.5 Å². The number of amides is 2. The number of rotatable bonds is 3. The molecule has 5 nitrogen and oxygen atoms in total. The van der Waals surface area contributed by atoms with Gasteiger partial charge in [0.05, 0.1) is 12.0 Å². The molecule has 1 saturated heterocycles. The SMILES string of the molecule is CC(=O)N1CCC(C(=O)NCC(C)O)C1. The fraction of sp³-hybridized carbons (Fsp3) is 0.800. The lowest BCUT2D eigenvalue weighted by molar-refractivity contribution is -0.128. The van der Waals surface area contributed by atoms with Crippen molar-refractivity contribution in [1.82, 2.24) is 10.2 Å². The van der Waals surface area contributed by atoms with Crippen LogP contribution in [0, 0.1) is 5.92 Å². The Hall–Kier alpha value is -1.10. The summed E-state index contributed by atoms with van der Waals surface area (Å²) in [5.74, 6) is -0.173. The van der Waals surface area contributed by atoms with Crippen molar-refractivity contribution in [1.29, 1.82) is 0 Å². The summed E-state index contributed by atoms with van der Waals surface area (Å²) < 4.78 is 0. The zero-order valence-corrected chi connectivity index (χ0v) is 9.19. The number of aliphatic hydroxyl groups is 1. The highest BCUT2D eigenvalue weighted by molar-refractivity contribution is 5.81. The predicted molar refractivity (Wildman–Crippen MR) is 55.1 cm³/mol. The topological polar surface area (TPSA) is 69.6 Å². The van der Waals surface area contributed by atoms with E-state index in [9.17, 15) is 9.59 Å². The van der Waals surface area contributed by atoms with Crippen molar-refractivity contribution in [3.63, 3.8) is 0 Å². The van der Waals surface area contributed by atoms with Crippen LogP contribution < -0.4 is 5.32 Å². The smallest absolute Gasteiger partial charge is 0.225 e. The minimum atomic E-state index is -0.528. The van der Waals surface area contributed by atoms with Gasteiger partial charge in [-0.2, -0.15) is 0 Å². The molecule has 1 heterocycles. The summed E-state index contributed by atoms with van der Waals surface area (Å²) in [4.78, 5) is 24.3. The first-order chi connectivity index (χ1) is 7.00. The number of carbonyl (C=O) groups is 2. The Balaban J connectivity index is 2.33. The number of nitrogens with zero attached hydrogens (tertiary/aromatic N) is 1. The molecule has 1 aliphatic rings. The fourth-order valence-corrected chi connectivity index (χ4v) is 1.65. The Labute approximate surface area is 89.4 Å². The zero-order valence-electron chi connectivity index (χ0n) is 9.19. The molecule has 0 aromatic carbocycles. The Morgan fingerprint density at radius 1 is 1.60 bits per heavy atom. The van der Waals surface area contributed by atoms with Crippen LogP contribution >= 0.6 is 0 Å². The highest BCUT2D eigenvalue weighted by atomic mass is 16.3.